The molecule has 0 saturated heterocycles. The molecule has 1 N–H and O–H groups in total. The minimum Gasteiger partial charge on any atom is -0.395 e. The third-order valence-electron chi connectivity index (χ3n) is 3.78. The molecule has 0 atom stereocenters. The van der Waals surface area contributed by atoms with E-state index in [2.05, 4.69) is 59.2 Å². The van der Waals surface area contributed by atoms with Crippen LogP contribution in [0, 0.1) is 11.8 Å². The summed E-state index contributed by atoms with van der Waals surface area (Å²) >= 11 is 0. The Morgan fingerprint density at radius 2 is 1.62 bits per heavy atom. The molecule has 2 nitrogen and oxygen atoms in total. The largest absolute Gasteiger partial charge is 0.395 e. The number of aliphatic hydroxyl groups is 1. The quantitative estimate of drug-likeness (QED) is 0.872. The molecule has 2 aromatic rings. The van der Waals surface area contributed by atoms with Crippen LogP contribution in [0.3, 0.4) is 0 Å². The van der Waals surface area contributed by atoms with Gasteiger partial charge in [-0.05, 0) is 22.8 Å². The van der Waals surface area contributed by atoms with E-state index in [0.29, 0.717) is 6.42 Å². The Labute approximate surface area is 126 Å². The number of aliphatic hydroxyl groups excluding tert-OH is 1. The molecule has 2 aromatic carbocycles. The van der Waals surface area contributed by atoms with Crippen LogP contribution >= 0.6 is 0 Å². The van der Waals surface area contributed by atoms with E-state index in [4.69, 9.17) is 5.11 Å². The second-order valence-corrected chi connectivity index (χ2v) is 5.35. The highest BCUT2D eigenvalue weighted by molar-refractivity contribution is 5.41. The maximum absolute atomic E-state index is 8.83. The van der Waals surface area contributed by atoms with E-state index < -0.39 is 0 Å². The van der Waals surface area contributed by atoms with Crippen LogP contribution < -0.4 is 0 Å². The average molecular weight is 277 g/mol. The van der Waals surface area contributed by atoms with E-state index in [1.165, 1.54) is 16.7 Å². The third kappa shape index (κ3) is 3.33. The van der Waals surface area contributed by atoms with Gasteiger partial charge in [-0.15, -0.1) is 0 Å². The van der Waals surface area contributed by atoms with Crippen LogP contribution in [0.5, 0.6) is 0 Å². The van der Waals surface area contributed by atoms with Crippen molar-refractivity contribution in [2.75, 3.05) is 6.61 Å². The van der Waals surface area contributed by atoms with E-state index in [0.717, 1.165) is 25.2 Å². The van der Waals surface area contributed by atoms with Crippen molar-refractivity contribution in [1.29, 1.82) is 0 Å². The van der Waals surface area contributed by atoms with Crippen LogP contribution in [0.1, 0.15) is 28.7 Å². The van der Waals surface area contributed by atoms with Gasteiger partial charge in [0.15, 0.2) is 0 Å². The van der Waals surface area contributed by atoms with Gasteiger partial charge in [-0.1, -0.05) is 54.3 Å². The standard InChI is InChI=1S/C19H19NO/c21-12-6-5-8-16-7-1-2-9-17(16)13-20-14-18-10-3-4-11-19(18)15-20/h1-4,7,9-11,21H,6,12-15H2. The molecule has 1 aliphatic rings. The number of hydrogen-bond donors (Lipinski definition) is 1. The van der Waals surface area contributed by atoms with Crippen LogP contribution in [0.2, 0.25) is 0 Å². The van der Waals surface area contributed by atoms with E-state index in [1.807, 2.05) is 6.07 Å². The summed E-state index contributed by atoms with van der Waals surface area (Å²) in [5.74, 6) is 6.19. The Hall–Kier alpha value is -2.08. The molecule has 0 unspecified atom stereocenters. The fourth-order valence-electron chi connectivity index (χ4n) is 2.75. The summed E-state index contributed by atoms with van der Waals surface area (Å²) in [5, 5.41) is 8.83. The molecule has 3 rings (SSSR count). The monoisotopic (exact) mass is 277 g/mol. The molecular formula is C19H19NO. The lowest BCUT2D eigenvalue weighted by molar-refractivity contribution is 0.275. The second-order valence-electron chi connectivity index (χ2n) is 5.35. The lowest BCUT2D eigenvalue weighted by atomic mass is 10.1. The van der Waals surface area contributed by atoms with Gasteiger partial charge < -0.3 is 5.11 Å². The number of nitrogens with zero attached hydrogens (tertiary/aromatic N) is 1. The van der Waals surface area contributed by atoms with Crippen molar-refractivity contribution in [1.82, 2.24) is 4.90 Å². The third-order valence-corrected chi connectivity index (χ3v) is 3.78. The van der Waals surface area contributed by atoms with Gasteiger partial charge in [0.05, 0.1) is 6.61 Å². The van der Waals surface area contributed by atoms with Crippen molar-refractivity contribution in [3.05, 3.63) is 70.8 Å². The predicted octanol–water partition coefficient (Wildman–Crippen LogP) is 2.94. The highest BCUT2D eigenvalue weighted by Gasteiger charge is 2.18. The summed E-state index contributed by atoms with van der Waals surface area (Å²) in [7, 11) is 0. The molecule has 2 heteroatoms. The van der Waals surface area contributed by atoms with E-state index in [-0.39, 0.29) is 6.61 Å². The summed E-state index contributed by atoms with van der Waals surface area (Å²) in [6.07, 6.45) is 0.531. The number of benzene rings is 2. The fraction of sp³-hybridized carbons (Fsp3) is 0.263. The zero-order valence-corrected chi connectivity index (χ0v) is 12.0. The van der Waals surface area contributed by atoms with Crippen molar-refractivity contribution < 1.29 is 5.11 Å². The lowest BCUT2D eigenvalue weighted by Gasteiger charge is -2.16. The van der Waals surface area contributed by atoms with Crippen molar-refractivity contribution >= 4 is 0 Å². The van der Waals surface area contributed by atoms with Gasteiger partial charge in [-0.25, -0.2) is 0 Å². The van der Waals surface area contributed by atoms with Crippen molar-refractivity contribution in [2.24, 2.45) is 0 Å². The second kappa shape index (κ2) is 6.58. The van der Waals surface area contributed by atoms with Gasteiger partial charge in [0.2, 0.25) is 0 Å². The zero-order valence-electron chi connectivity index (χ0n) is 12.0. The highest BCUT2D eigenvalue weighted by Crippen LogP contribution is 2.24. The van der Waals surface area contributed by atoms with Crippen molar-refractivity contribution in [2.45, 2.75) is 26.1 Å². The maximum Gasteiger partial charge on any atom is 0.0540 e. The van der Waals surface area contributed by atoms with Gasteiger partial charge in [0.25, 0.3) is 0 Å². The zero-order chi connectivity index (χ0) is 14.5. The molecule has 1 aliphatic heterocycles. The molecule has 0 amide bonds. The van der Waals surface area contributed by atoms with E-state index in [9.17, 15) is 0 Å². The first-order valence-electron chi connectivity index (χ1n) is 7.33. The summed E-state index contributed by atoms with van der Waals surface area (Å²) in [6.45, 7) is 3.05. The molecule has 106 valence electrons. The number of rotatable bonds is 3. The molecule has 0 spiro atoms. The van der Waals surface area contributed by atoms with Gasteiger partial charge in [0, 0.05) is 31.6 Å². The summed E-state index contributed by atoms with van der Waals surface area (Å²) < 4.78 is 0. The number of hydrogen-bond acceptors (Lipinski definition) is 2. The first kappa shape index (κ1) is 13.9. The minimum atomic E-state index is 0.122. The van der Waals surface area contributed by atoms with Crippen LogP contribution in [0.25, 0.3) is 0 Å². The van der Waals surface area contributed by atoms with Gasteiger partial charge >= 0.3 is 0 Å². The topological polar surface area (TPSA) is 23.5 Å². The molecular weight excluding hydrogens is 258 g/mol. The maximum atomic E-state index is 8.83. The highest BCUT2D eigenvalue weighted by atomic mass is 16.2. The van der Waals surface area contributed by atoms with E-state index in [1.54, 1.807) is 0 Å². The van der Waals surface area contributed by atoms with Crippen LogP contribution in [0.15, 0.2) is 48.5 Å². The Balaban J connectivity index is 1.74. The molecule has 1 heterocycles. The van der Waals surface area contributed by atoms with Crippen molar-refractivity contribution in [3.8, 4) is 11.8 Å². The molecule has 0 radical (unpaired) electrons. The van der Waals surface area contributed by atoms with Crippen LogP contribution in [0.4, 0.5) is 0 Å². The van der Waals surface area contributed by atoms with Gasteiger partial charge in [-0.2, -0.15) is 0 Å². The van der Waals surface area contributed by atoms with Gasteiger partial charge in [-0.3, -0.25) is 4.90 Å². The minimum absolute atomic E-state index is 0.122. The Morgan fingerprint density at radius 1 is 0.952 bits per heavy atom. The molecule has 0 aliphatic carbocycles. The molecule has 0 bridgehead atoms. The normalized spacial score (nSPS) is 13.6. The summed E-state index contributed by atoms with van der Waals surface area (Å²) in [4.78, 5) is 2.44. The molecule has 21 heavy (non-hydrogen) atoms. The Kier molecular flexibility index (Phi) is 4.35. The lowest BCUT2D eigenvalue weighted by Crippen LogP contribution is -2.16. The Bertz CT molecular complexity index is 656. The molecule has 0 aromatic heterocycles. The van der Waals surface area contributed by atoms with Crippen LogP contribution in [-0.2, 0) is 19.6 Å². The first-order valence-corrected chi connectivity index (χ1v) is 7.33. The first-order chi connectivity index (χ1) is 10.4. The van der Waals surface area contributed by atoms with Crippen LogP contribution in [-0.4, -0.2) is 16.6 Å². The summed E-state index contributed by atoms with van der Waals surface area (Å²) in [6, 6.07) is 16.9. The smallest absolute Gasteiger partial charge is 0.0540 e. The number of fused-ring (bicyclic) bond motifs is 1. The van der Waals surface area contributed by atoms with E-state index >= 15 is 0 Å². The Morgan fingerprint density at radius 3 is 2.33 bits per heavy atom. The summed E-state index contributed by atoms with van der Waals surface area (Å²) in [5.41, 5.74) is 5.19. The SMILES string of the molecule is OCCC#Cc1ccccc1CN1Cc2ccccc2C1. The molecule has 0 fully saturated rings. The predicted molar refractivity (Wildman–Crippen MR) is 84.4 cm³/mol. The van der Waals surface area contributed by atoms with Gasteiger partial charge in [0.1, 0.15) is 0 Å². The molecule has 0 saturated carbocycles. The van der Waals surface area contributed by atoms with Crippen molar-refractivity contribution in [3.63, 3.8) is 0 Å². The fourth-order valence-corrected chi connectivity index (χ4v) is 2.75. The average Bonchev–Trinajstić information content (AvgIpc) is 2.91.